The molecule has 1 aromatic rings. The SMILES string of the molecule is CC(O)(CCC(O)C1CCCC1)c1ccccc1. The van der Waals surface area contributed by atoms with Crippen molar-refractivity contribution in [2.75, 3.05) is 0 Å². The Labute approximate surface area is 110 Å². The van der Waals surface area contributed by atoms with E-state index in [0.29, 0.717) is 18.8 Å². The van der Waals surface area contributed by atoms with Crippen LogP contribution in [0.4, 0.5) is 0 Å². The van der Waals surface area contributed by atoms with Gasteiger partial charge in [0.1, 0.15) is 0 Å². The summed E-state index contributed by atoms with van der Waals surface area (Å²) < 4.78 is 0. The van der Waals surface area contributed by atoms with Crippen molar-refractivity contribution in [3.63, 3.8) is 0 Å². The fourth-order valence-corrected chi connectivity index (χ4v) is 2.95. The van der Waals surface area contributed by atoms with Crippen LogP contribution in [-0.2, 0) is 5.60 Å². The maximum Gasteiger partial charge on any atom is 0.0869 e. The molecule has 18 heavy (non-hydrogen) atoms. The van der Waals surface area contributed by atoms with E-state index >= 15 is 0 Å². The molecular formula is C16H24O2. The second-order valence-corrected chi connectivity index (χ2v) is 5.79. The van der Waals surface area contributed by atoms with E-state index in [2.05, 4.69) is 0 Å². The molecule has 0 bridgehead atoms. The lowest BCUT2D eigenvalue weighted by atomic mass is 9.87. The Morgan fingerprint density at radius 1 is 1.22 bits per heavy atom. The van der Waals surface area contributed by atoms with E-state index in [1.807, 2.05) is 37.3 Å². The third-order valence-electron chi connectivity index (χ3n) is 4.27. The molecule has 0 saturated heterocycles. The molecule has 2 N–H and O–H groups in total. The maximum atomic E-state index is 10.5. The summed E-state index contributed by atoms with van der Waals surface area (Å²) in [7, 11) is 0. The zero-order valence-electron chi connectivity index (χ0n) is 11.2. The normalized spacial score (nSPS) is 21.7. The van der Waals surface area contributed by atoms with Crippen molar-refractivity contribution in [2.24, 2.45) is 5.92 Å². The van der Waals surface area contributed by atoms with Crippen molar-refractivity contribution >= 4 is 0 Å². The van der Waals surface area contributed by atoms with E-state index in [1.165, 1.54) is 12.8 Å². The van der Waals surface area contributed by atoms with Gasteiger partial charge in [-0.25, -0.2) is 0 Å². The second-order valence-electron chi connectivity index (χ2n) is 5.79. The standard InChI is InChI=1S/C16H24O2/c1-16(18,14-9-3-2-4-10-14)12-11-15(17)13-7-5-6-8-13/h2-4,9-10,13,15,17-18H,5-8,11-12H2,1H3. The summed E-state index contributed by atoms with van der Waals surface area (Å²) in [5, 5.41) is 20.6. The maximum absolute atomic E-state index is 10.5. The van der Waals surface area contributed by atoms with Gasteiger partial charge in [0.05, 0.1) is 11.7 Å². The molecule has 0 aromatic heterocycles. The lowest BCUT2D eigenvalue weighted by Crippen LogP contribution is -2.26. The summed E-state index contributed by atoms with van der Waals surface area (Å²) >= 11 is 0. The third-order valence-corrected chi connectivity index (χ3v) is 4.27. The summed E-state index contributed by atoms with van der Waals surface area (Å²) in [6, 6.07) is 9.73. The van der Waals surface area contributed by atoms with Crippen LogP contribution in [0.5, 0.6) is 0 Å². The molecule has 2 rings (SSSR count). The van der Waals surface area contributed by atoms with Gasteiger partial charge in [-0.15, -0.1) is 0 Å². The van der Waals surface area contributed by atoms with Crippen molar-refractivity contribution in [2.45, 2.75) is 57.2 Å². The zero-order valence-corrected chi connectivity index (χ0v) is 11.2. The van der Waals surface area contributed by atoms with E-state index in [4.69, 9.17) is 0 Å². The first-order valence-corrected chi connectivity index (χ1v) is 7.05. The largest absolute Gasteiger partial charge is 0.393 e. The van der Waals surface area contributed by atoms with E-state index in [-0.39, 0.29) is 6.10 Å². The Morgan fingerprint density at radius 2 is 1.83 bits per heavy atom. The van der Waals surface area contributed by atoms with Gasteiger partial charge in [0, 0.05) is 0 Å². The summed E-state index contributed by atoms with van der Waals surface area (Å²) in [6.45, 7) is 1.84. The predicted molar refractivity (Wildman–Crippen MR) is 73.2 cm³/mol. The van der Waals surface area contributed by atoms with Crippen LogP contribution in [-0.4, -0.2) is 16.3 Å². The van der Waals surface area contributed by atoms with Gasteiger partial charge in [-0.3, -0.25) is 0 Å². The molecule has 0 heterocycles. The molecule has 1 aromatic carbocycles. The van der Waals surface area contributed by atoms with Crippen LogP contribution in [0, 0.1) is 5.92 Å². The molecule has 1 aliphatic carbocycles. The monoisotopic (exact) mass is 248 g/mol. The molecule has 0 radical (unpaired) electrons. The van der Waals surface area contributed by atoms with Gasteiger partial charge in [-0.1, -0.05) is 43.2 Å². The van der Waals surface area contributed by atoms with Crippen molar-refractivity contribution in [3.05, 3.63) is 35.9 Å². The topological polar surface area (TPSA) is 40.5 Å². The highest BCUT2D eigenvalue weighted by Gasteiger charge is 2.28. The number of aliphatic hydroxyl groups excluding tert-OH is 1. The highest BCUT2D eigenvalue weighted by atomic mass is 16.3. The van der Waals surface area contributed by atoms with Gasteiger partial charge < -0.3 is 10.2 Å². The van der Waals surface area contributed by atoms with Crippen LogP contribution in [0.25, 0.3) is 0 Å². The summed E-state index contributed by atoms with van der Waals surface area (Å²) in [6.07, 6.45) is 5.85. The minimum Gasteiger partial charge on any atom is -0.393 e. The van der Waals surface area contributed by atoms with E-state index in [1.54, 1.807) is 0 Å². The molecule has 2 unspecified atom stereocenters. The van der Waals surface area contributed by atoms with E-state index in [9.17, 15) is 10.2 Å². The van der Waals surface area contributed by atoms with Crippen LogP contribution in [0.1, 0.15) is 51.0 Å². The molecule has 1 fully saturated rings. The van der Waals surface area contributed by atoms with Crippen LogP contribution >= 0.6 is 0 Å². The van der Waals surface area contributed by atoms with Crippen LogP contribution in [0.15, 0.2) is 30.3 Å². The first kappa shape index (κ1) is 13.6. The van der Waals surface area contributed by atoms with Gasteiger partial charge in [0.25, 0.3) is 0 Å². The summed E-state index contributed by atoms with van der Waals surface area (Å²) in [5.74, 6) is 0.455. The van der Waals surface area contributed by atoms with Gasteiger partial charge in [-0.2, -0.15) is 0 Å². The van der Waals surface area contributed by atoms with Crippen molar-refractivity contribution in [1.29, 1.82) is 0 Å². The molecule has 2 nitrogen and oxygen atoms in total. The fourth-order valence-electron chi connectivity index (χ4n) is 2.95. The van der Waals surface area contributed by atoms with Crippen molar-refractivity contribution in [1.82, 2.24) is 0 Å². The number of benzene rings is 1. The first-order chi connectivity index (χ1) is 8.59. The quantitative estimate of drug-likeness (QED) is 0.840. The fraction of sp³-hybridized carbons (Fsp3) is 0.625. The molecule has 0 spiro atoms. The molecule has 0 aliphatic heterocycles. The molecule has 1 aliphatic rings. The highest BCUT2D eigenvalue weighted by molar-refractivity contribution is 5.21. The van der Waals surface area contributed by atoms with Crippen LogP contribution in [0.3, 0.4) is 0 Å². The van der Waals surface area contributed by atoms with Gasteiger partial charge in [0.15, 0.2) is 0 Å². The van der Waals surface area contributed by atoms with Gasteiger partial charge >= 0.3 is 0 Å². The number of rotatable bonds is 5. The minimum absolute atomic E-state index is 0.248. The molecule has 2 atom stereocenters. The summed E-state index contributed by atoms with van der Waals surface area (Å²) in [5.41, 5.74) is 0.101. The summed E-state index contributed by atoms with van der Waals surface area (Å²) in [4.78, 5) is 0. The van der Waals surface area contributed by atoms with E-state index in [0.717, 1.165) is 18.4 Å². The predicted octanol–water partition coefficient (Wildman–Crippen LogP) is 3.23. The average Bonchev–Trinajstić information content (AvgIpc) is 2.91. The molecular weight excluding hydrogens is 224 g/mol. The van der Waals surface area contributed by atoms with Crippen molar-refractivity contribution in [3.8, 4) is 0 Å². The lowest BCUT2D eigenvalue weighted by Gasteiger charge is -2.26. The average molecular weight is 248 g/mol. The zero-order chi connectivity index (χ0) is 13.0. The molecule has 1 saturated carbocycles. The number of hydrogen-bond donors (Lipinski definition) is 2. The number of aliphatic hydroxyl groups is 2. The Morgan fingerprint density at radius 3 is 2.44 bits per heavy atom. The Bertz CT molecular complexity index is 353. The minimum atomic E-state index is -0.832. The first-order valence-electron chi connectivity index (χ1n) is 7.05. The second kappa shape index (κ2) is 5.85. The van der Waals surface area contributed by atoms with E-state index < -0.39 is 5.60 Å². The number of hydrogen-bond acceptors (Lipinski definition) is 2. The van der Waals surface area contributed by atoms with Crippen molar-refractivity contribution < 1.29 is 10.2 Å². The van der Waals surface area contributed by atoms with Crippen LogP contribution < -0.4 is 0 Å². The lowest BCUT2D eigenvalue weighted by molar-refractivity contribution is 0.0175. The molecule has 2 heteroatoms. The Balaban J connectivity index is 1.88. The van der Waals surface area contributed by atoms with Gasteiger partial charge in [-0.05, 0) is 44.1 Å². The van der Waals surface area contributed by atoms with Crippen LogP contribution in [0.2, 0.25) is 0 Å². The smallest absolute Gasteiger partial charge is 0.0869 e. The molecule has 0 amide bonds. The molecule has 100 valence electrons. The Kier molecular flexibility index (Phi) is 4.41. The Hall–Kier alpha value is -0.860. The highest BCUT2D eigenvalue weighted by Crippen LogP contribution is 2.32. The third kappa shape index (κ3) is 3.33. The van der Waals surface area contributed by atoms with Gasteiger partial charge in [0.2, 0.25) is 0 Å².